The standard InChI is InChI=1S/C10H17N/c1-8(2)9-4-5-10(3,6-9)7-11/h8-9H,4-6H2,1-3H3. The van der Waals surface area contributed by atoms with Crippen LogP contribution in [-0.4, -0.2) is 0 Å². The van der Waals surface area contributed by atoms with Gasteiger partial charge in [0.2, 0.25) is 0 Å². The Labute approximate surface area is 69.4 Å². The minimum absolute atomic E-state index is 0.00502. The lowest BCUT2D eigenvalue weighted by Gasteiger charge is -2.16. The van der Waals surface area contributed by atoms with Crippen LogP contribution in [0.4, 0.5) is 0 Å². The minimum Gasteiger partial charge on any atom is -0.198 e. The van der Waals surface area contributed by atoms with Crippen molar-refractivity contribution in [2.75, 3.05) is 0 Å². The molecule has 0 radical (unpaired) electrons. The predicted octanol–water partition coefficient (Wildman–Crippen LogP) is 2.97. The molecule has 62 valence electrons. The molecule has 1 rings (SSSR count). The average molecular weight is 151 g/mol. The first-order chi connectivity index (χ1) is 5.07. The van der Waals surface area contributed by atoms with Crippen molar-refractivity contribution in [3.8, 4) is 6.07 Å². The zero-order valence-electron chi connectivity index (χ0n) is 7.72. The molecule has 1 saturated carbocycles. The highest BCUT2D eigenvalue weighted by atomic mass is 14.4. The molecule has 0 aromatic rings. The van der Waals surface area contributed by atoms with Crippen molar-refractivity contribution >= 4 is 0 Å². The molecule has 1 fully saturated rings. The van der Waals surface area contributed by atoms with E-state index in [1.165, 1.54) is 6.42 Å². The van der Waals surface area contributed by atoms with Crippen molar-refractivity contribution < 1.29 is 0 Å². The van der Waals surface area contributed by atoms with E-state index < -0.39 is 0 Å². The molecule has 0 spiro atoms. The van der Waals surface area contributed by atoms with Crippen molar-refractivity contribution in [3.05, 3.63) is 0 Å². The lowest BCUT2D eigenvalue weighted by atomic mass is 9.87. The van der Waals surface area contributed by atoms with E-state index in [4.69, 9.17) is 5.26 Å². The first-order valence-electron chi connectivity index (χ1n) is 4.49. The first kappa shape index (κ1) is 8.59. The van der Waals surface area contributed by atoms with Gasteiger partial charge in [0.05, 0.1) is 11.5 Å². The predicted molar refractivity (Wildman–Crippen MR) is 45.9 cm³/mol. The Hall–Kier alpha value is -0.510. The SMILES string of the molecule is CC(C)C1CCC(C)(C#N)C1. The molecule has 1 aliphatic carbocycles. The molecule has 0 aromatic heterocycles. The third-order valence-corrected chi connectivity index (χ3v) is 2.99. The lowest BCUT2D eigenvalue weighted by molar-refractivity contribution is 0.357. The maximum absolute atomic E-state index is 8.87. The van der Waals surface area contributed by atoms with Gasteiger partial charge >= 0.3 is 0 Å². The van der Waals surface area contributed by atoms with Gasteiger partial charge in [-0.25, -0.2) is 0 Å². The molecule has 0 aliphatic heterocycles. The van der Waals surface area contributed by atoms with Crippen molar-refractivity contribution in [2.24, 2.45) is 17.3 Å². The molecular weight excluding hydrogens is 134 g/mol. The van der Waals surface area contributed by atoms with Crippen LogP contribution in [0.1, 0.15) is 40.0 Å². The Bertz CT molecular complexity index is 178. The molecule has 0 N–H and O–H groups in total. The third-order valence-electron chi connectivity index (χ3n) is 2.99. The average Bonchev–Trinajstić information content (AvgIpc) is 2.33. The summed E-state index contributed by atoms with van der Waals surface area (Å²) in [6, 6.07) is 2.43. The number of rotatable bonds is 1. The van der Waals surface area contributed by atoms with E-state index in [9.17, 15) is 0 Å². The van der Waals surface area contributed by atoms with Gasteiger partial charge < -0.3 is 0 Å². The van der Waals surface area contributed by atoms with E-state index in [2.05, 4.69) is 26.8 Å². The molecule has 0 heterocycles. The smallest absolute Gasteiger partial charge is 0.0686 e. The maximum Gasteiger partial charge on any atom is 0.0686 e. The first-order valence-corrected chi connectivity index (χ1v) is 4.49. The molecular formula is C10H17N. The van der Waals surface area contributed by atoms with E-state index in [1.807, 2.05) is 0 Å². The van der Waals surface area contributed by atoms with Gasteiger partial charge in [0.15, 0.2) is 0 Å². The molecule has 1 heteroatoms. The van der Waals surface area contributed by atoms with Crippen LogP contribution in [0.2, 0.25) is 0 Å². The summed E-state index contributed by atoms with van der Waals surface area (Å²) in [5.41, 5.74) is -0.00502. The van der Waals surface area contributed by atoms with Crippen LogP contribution in [0.3, 0.4) is 0 Å². The van der Waals surface area contributed by atoms with E-state index in [-0.39, 0.29) is 5.41 Å². The van der Waals surface area contributed by atoms with Crippen LogP contribution in [-0.2, 0) is 0 Å². The second-order valence-electron chi connectivity index (χ2n) is 4.42. The van der Waals surface area contributed by atoms with Crippen LogP contribution in [0.25, 0.3) is 0 Å². The zero-order valence-corrected chi connectivity index (χ0v) is 7.72. The van der Waals surface area contributed by atoms with E-state index >= 15 is 0 Å². The summed E-state index contributed by atoms with van der Waals surface area (Å²) in [7, 11) is 0. The largest absolute Gasteiger partial charge is 0.198 e. The third kappa shape index (κ3) is 1.74. The summed E-state index contributed by atoms with van der Waals surface area (Å²) in [6.07, 6.45) is 3.47. The molecule has 1 aliphatic rings. The maximum atomic E-state index is 8.87. The Balaban J connectivity index is 2.55. The highest BCUT2D eigenvalue weighted by molar-refractivity contribution is 5.01. The summed E-state index contributed by atoms with van der Waals surface area (Å²) in [5, 5.41) is 8.87. The molecule has 2 atom stereocenters. The molecule has 1 nitrogen and oxygen atoms in total. The normalized spacial score (nSPS) is 37.5. The second-order valence-corrected chi connectivity index (χ2v) is 4.42. The summed E-state index contributed by atoms with van der Waals surface area (Å²) in [6.45, 7) is 6.61. The monoisotopic (exact) mass is 151 g/mol. The number of nitriles is 1. The van der Waals surface area contributed by atoms with Crippen LogP contribution in [0, 0.1) is 28.6 Å². The van der Waals surface area contributed by atoms with Crippen molar-refractivity contribution in [1.29, 1.82) is 5.26 Å². The fraction of sp³-hybridized carbons (Fsp3) is 0.900. The summed E-state index contributed by atoms with van der Waals surface area (Å²) < 4.78 is 0. The molecule has 0 saturated heterocycles. The number of hydrogen-bond donors (Lipinski definition) is 0. The Morgan fingerprint density at radius 2 is 2.18 bits per heavy atom. The van der Waals surface area contributed by atoms with Gasteiger partial charge in [0.25, 0.3) is 0 Å². The highest BCUT2D eigenvalue weighted by Crippen LogP contribution is 2.43. The molecule has 0 aromatic carbocycles. The van der Waals surface area contributed by atoms with Gasteiger partial charge in [-0.2, -0.15) is 5.26 Å². The van der Waals surface area contributed by atoms with Gasteiger partial charge in [-0.3, -0.25) is 0 Å². The van der Waals surface area contributed by atoms with Crippen LogP contribution < -0.4 is 0 Å². The van der Waals surface area contributed by atoms with Gasteiger partial charge in [0.1, 0.15) is 0 Å². The summed E-state index contributed by atoms with van der Waals surface area (Å²) in [5.74, 6) is 1.55. The number of nitrogens with zero attached hydrogens (tertiary/aromatic N) is 1. The highest BCUT2D eigenvalue weighted by Gasteiger charge is 2.36. The summed E-state index contributed by atoms with van der Waals surface area (Å²) >= 11 is 0. The van der Waals surface area contributed by atoms with Crippen molar-refractivity contribution in [3.63, 3.8) is 0 Å². The molecule has 2 unspecified atom stereocenters. The van der Waals surface area contributed by atoms with E-state index in [0.29, 0.717) is 0 Å². The fourth-order valence-corrected chi connectivity index (χ4v) is 1.96. The van der Waals surface area contributed by atoms with Gasteiger partial charge in [-0.05, 0) is 38.0 Å². The van der Waals surface area contributed by atoms with Crippen LogP contribution >= 0.6 is 0 Å². The Morgan fingerprint density at radius 1 is 1.55 bits per heavy atom. The van der Waals surface area contributed by atoms with E-state index in [1.54, 1.807) is 0 Å². The molecule has 11 heavy (non-hydrogen) atoms. The molecule has 0 bridgehead atoms. The van der Waals surface area contributed by atoms with Crippen molar-refractivity contribution in [2.45, 2.75) is 40.0 Å². The van der Waals surface area contributed by atoms with Crippen LogP contribution in [0.5, 0.6) is 0 Å². The Kier molecular flexibility index (Phi) is 2.23. The van der Waals surface area contributed by atoms with Crippen molar-refractivity contribution in [1.82, 2.24) is 0 Å². The topological polar surface area (TPSA) is 23.8 Å². The van der Waals surface area contributed by atoms with Crippen LogP contribution in [0.15, 0.2) is 0 Å². The minimum atomic E-state index is -0.00502. The Morgan fingerprint density at radius 3 is 2.45 bits per heavy atom. The molecule has 0 amide bonds. The zero-order chi connectivity index (χ0) is 8.48. The van der Waals surface area contributed by atoms with Gasteiger partial charge in [-0.1, -0.05) is 13.8 Å². The quantitative estimate of drug-likeness (QED) is 0.565. The van der Waals surface area contributed by atoms with Gasteiger partial charge in [0, 0.05) is 0 Å². The van der Waals surface area contributed by atoms with Gasteiger partial charge in [-0.15, -0.1) is 0 Å². The fourth-order valence-electron chi connectivity index (χ4n) is 1.96. The second kappa shape index (κ2) is 2.85. The number of hydrogen-bond acceptors (Lipinski definition) is 1. The van der Waals surface area contributed by atoms with E-state index in [0.717, 1.165) is 24.7 Å². The summed E-state index contributed by atoms with van der Waals surface area (Å²) in [4.78, 5) is 0. The lowest BCUT2D eigenvalue weighted by Crippen LogP contribution is -2.10.